The number of amides is 1. The first-order chi connectivity index (χ1) is 12.6. The standard InChI is InChI=1S/C21H26N2O3S/c1-13-9-10-16(12-14(13)2)27-19-17(8-7-11-22-19)20(25)26-15(3)18(24)23-21(4,5)6/h7-12,15H,1-6H3,(H,23,24)/t15-/m0/s1. The van der Waals surface area contributed by atoms with Gasteiger partial charge in [0.1, 0.15) is 5.03 Å². The Morgan fingerprint density at radius 1 is 1.15 bits per heavy atom. The number of rotatable bonds is 5. The number of carbonyl (C=O) groups excluding carboxylic acids is 2. The summed E-state index contributed by atoms with van der Waals surface area (Å²) in [6.07, 6.45) is 0.743. The van der Waals surface area contributed by atoms with Crippen molar-refractivity contribution < 1.29 is 14.3 Å². The number of aromatic nitrogens is 1. The third-order valence-electron chi connectivity index (χ3n) is 3.84. The van der Waals surface area contributed by atoms with Crippen LogP contribution in [0.2, 0.25) is 0 Å². The predicted molar refractivity (Wildman–Crippen MR) is 107 cm³/mol. The number of ether oxygens (including phenoxy) is 1. The van der Waals surface area contributed by atoms with Crippen molar-refractivity contribution in [1.29, 1.82) is 0 Å². The zero-order chi connectivity index (χ0) is 20.2. The van der Waals surface area contributed by atoms with Crippen LogP contribution in [0.4, 0.5) is 0 Å². The van der Waals surface area contributed by atoms with Gasteiger partial charge in [0.2, 0.25) is 0 Å². The van der Waals surface area contributed by atoms with Crippen LogP contribution in [-0.2, 0) is 9.53 Å². The number of nitrogens with one attached hydrogen (secondary N) is 1. The molecule has 1 heterocycles. The fourth-order valence-corrected chi connectivity index (χ4v) is 3.24. The second-order valence-electron chi connectivity index (χ2n) is 7.49. The lowest BCUT2D eigenvalue weighted by Gasteiger charge is -2.23. The van der Waals surface area contributed by atoms with Gasteiger partial charge >= 0.3 is 5.97 Å². The van der Waals surface area contributed by atoms with Crippen LogP contribution in [0, 0.1) is 13.8 Å². The number of carbonyl (C=O) groups is 2. The summed E-state index contributed by atoms with van der Waals surface area (Å²) in [7, 11) is 0. The second-order valence-corrected chi connectivity index (χ2v) is 8.55. The summed E-state index contributed by atoms with van der Waals surface area (Å²) in [5.74, 6) is -0.894. The van der Waals surface area contributed by atoms with Crippen molar-refractivity contribution in [3.63, 3.8) is 0 Å². The Hall–Kier alpha value is -2.34. The Morgan fingerprint density at radius 3 is 2.48 bits per heavy atom. The van der Waals surface area contributed by atoms with E-state index in [9.17, 15) is 9.59 Å². The topological polar surface area (TPSA) is 68.3 Å². The normalized spacial score (nSPS) is 12.4. The number of hydrogen-bond acceptors (Lipinski definition) is 5. The molecule has 2 rings (SSSR count). The first-order valence-corrected chi connectivity index (χ1v) is 9.61. The first-order valence-electron chi connectivity index (χ1n) is 8.80. The number of hydrogen-bond donors (Lipinski definition) is 1. The zero-order valence-corrected chi connectivity index (χ0v) is 17.4. The number of pyridine rings is 1. The molecule has 1 aromatic carbocycles. The van der Waals surface area contributed by atoms with Crippen LogP contribution in [0.5, 0.6) is 0 Å². The third-order valence-corrected chi connectivity index (χ3v) is 4.84. The Balaban J connectivity index is 2.15. The van der Waals surface area contributed by atoms with Crippen molar-refractivity contribution in [1.82, 2.24) is 10.3 Å². The molecule has 6 heteroatoms. The van der Waals surface area contributed by atoms with Crippen LogP contribution in [0.3, 0.4) is 0 Å². The molecular weight excluding hydrogens is 360 g/mol. The number of esters is 1. The maximum atomic E-state index is 12.6. The highest BCUT2D eigenvalue weighted by Crippen LogP contribution is 2.30. The number of benzene rings is 1. The average Bonchev–Trinajstić information content (AvgIpc) is 2.57. The van der Waals surface area contributed by atoms with E-state index in [-0.39, 0.29) is 5.91 Å². The smallest absolute Gasteiger partial charge is 0.341 e. The summed E-state index contributed by atoms with van der Waals surface area (Å²) in [6, 6.07) is 9.44. The van der Waals surface area contributed by atoms with Crippen LogP contribution >= 0.6 is 11.8 Å². The van der Waals surface area contributed by atoms with Crippen molar-refractivity contribution in [3.8, 4) is 0 Å². The van der Waals surface area contributed by atoms with E-state index < -0.39 is 17.6 Å². The van der Waals surface area contributed by atoms with Crippen LogP contribution in [0.15, 0.2) is 46.5 Å². The molecule has 0 fully saturated rings. The predicted octanol–water partition coefficient (Wildman–Crippen LogP) is 4.31. The maximum absolute atomic E-state index is 12.6. The van der Waals surface area contributed by atoms with E-state index in [2.05, 4.69) is 23.3 Å². The van der Waals surface area contributed by atoms with Crippen molar-refractivity contribution in [3.05, 3.63) is 53.2 Å². The number of nitrogens with zero attached hydrogens (tertiary/aromatic N) is 1. The molecule has 2 aromatic rings. The highest BCUT2D eigenvalue weighted by Gasteiger charge is 2.24. The molecule has 27 heavy (non-hydrogen) atoms. The van der Waals surface area contributed by atoms with E-state index in [1.165, 1.54) is 22.9 Å². The van der Waals surface area contributed by atoms with Gasteiger partial charge in [0.05, 0.1) is 5.56 Å². The van der Waals surface area contributed by atoms with Gasteiger partial charge in [0.15, 0.2) is 6.10 Å². The third kappa shape index (κ3) is 6.10. The van der Waals surface area contributed by atoms with E-state index in [1.807, 2.05) is 39.8 Å². The molecule has 0 spiro atoms. The molecule has 0 aliphatic rings. The molecule has 1 amide bonds. The van der Waals surface area contributed by atoms with Crippen LogP contribution in [-0.4, -0.2) is 28.5 Å². The van der Waals surface area contributed by atoms with Crippen molar-refractivity contribution >= 4 is 23.6 Å². The highest BCUT2D eigenvalue weighted by molar-refractivity contribution is 7.99. The van der Waals surface area contributed by atoms with E-state index in [0.29, 0.717) is 10.6 Å². The minimum Gasteiger partial charge on any atom is -0.449 e. The van der Waals surface area contributed by atoms with Gasteiger partial charge in [-0.25, -0.2) is 9.78 Å². The monoisotopic (exact) mass is 386 g/mol. The Kier molecular flexibility index (Phi) is 6.65. The lowest BCUT2D eigenvalue weighted by Crippen LogP contribution is -2.46. The summed E-state index contributed by atoms with van der Waals surface area (Å²) >= 11 is 1.40. The molecule has 0 bridgehead atoms. The van der Waals surface area contributed by atoms with Crippen molar-refractivity contribution in [2.75, 3.05) is 0 Å². The Labute approximate surface area is 164 Å². The van der Waals surface area contributed by atoms with Crippen molar-refractivity contribution in [2.45, 2.75) is 63.1 Å². The molecule has 0 aliphatic heterocycles. The molecule has 144 valence electrons. The van der Waals surface area contributed by atoms with Gasteiger partial charge in [0.25, 0.3) is 5.91 Å². The average molecular weight is 387 g/mol. The second kappa shape index (κ2) is 8.57. The molecular formula is C21H26N2O3S. The molecule has 1 N–H and O–H groups in total. The molecule has 0 unspecified atom stereocenters. The SMILES string of the molecule is Cc1ccc(Sc2ncccc2C(=O)O[C@@H](C)C(=O)NC(C)(C)C)cc1C. The summed E-state index contributed by atoms with van der Waals surface area (Å²) in [5.41, 5.74) is 2.33. The summed E-state index contributed by atoms with van der Waals surface area (Å²) < 4.78 is 5.36. The van der Waals surface area contributed by atoms with Crippen LogP contribution < -0.4 is 5.32 Å². The summed E-state index contributed by atoms with van der Waals surface area (Å²) in [5, 5.41) is 3.35. The van der Waals surface area contributed by atoms with Gasteiger partial charge in [-0.05, 0) is 76.9 Å². The molecule has 0 saturated heterocycles. The van der Waals surface area contributed by atoms with Gasteiger partial charge in [-0.1, -0.05) is 17.8 Å². The van der Waals surface area contributed by atoms with Crippen molar-refractivity contribution in [2.24, 2.45) is 0 Å². The number of aryl methyl sites for hydroxylation is 2. The lowest BCUT2D eigenvalue weighted by molar-refractivity contribution is -0.130. The molecule has 0 radical (unpaired) electrons. The Bertz CT molecular complexity index is 844. The highest BCUT2D eigenvalue weighted by atomic mass is 32.2. The first kappa shape index (κ1) is 21.0. The minimum absolute atomic E-state index is 0.330. The molecule has 0 aliphatic carbocycles. The quantitative estimate of drug-likeness (QED) is 0.776. The summed E-state index contributed by atoms with van der Waals surface area (Å²) in [6.45, 7) is 11.3. The maximum Gasteiger partial charge on any atom is 0.341 e. The molecule has 0 saturated carbocycles. The van der Waals surface area contributed by atoms with Crippen LogP contribution in [0.25, 0.3) is 0 Å². The van der Waals surface area contributed by atoms with Gasteiger partial charge in [-0.2, -0.15) is 0 Å². The van der Waals surface area contributed by atoms with Gasteiger partial charge in [0, 0.05) is 16.6 Å². The summed E-state index contributed by atoms with van der Waals surface area (Å²) in [4.78, 5) is 30.1. The molecule has 1 atom stereocenters. The lowest BCUT2D eigenvalue weighted by atomic mass is 10.1. The Morgan fingerprint density at radius 2 is 1.85 bits per heavy atom. The van der Waals surface area contributed by atoms with Gasteiger partial charge in [-0.3, -0.25) is 4.79 Å². The van der Waals surface area contributed by atoms with Gasteiger partial charge in [-0.15, -0.1) is 0 Å². The van der Waals surface area contributed by atoms with E-state index in [0.717, 1.165) is 4.90 Å². The van der Waals surface area contributed by atoms with Crippen LogP contribution in [0.1, 0.15) is 49.2 Å². The zero-order valence-electron chi connectivity index (χ0n) is 16.6. The molecule has 5 nitrogen and oxygen atoms in total. The fourth-order valence-electron chi connectivity index (χ4n) is 2.27. The largest absolute Gasteiger partial charge is 0.449 e. The van der Waals surface area contributed by atoms with Gasteiger partial charge < -0.3 is 10.1 Å². The molecule has 1 aromatic heterocycles. The minimum atomic E-state index is -0.892. The van der Waals surface area contributed by atoms with E-state index >= 15 is 0 Å². The fraction of sp³-hybridized carbons (Fsp3) is 0.381. The van der Waals surface area contributed by atoms with E-state index in [4.69, 9.17) is 4.74 Å². The van der Waals surface area contributed by atoms with E-state index in [1.54, 1.807) is 25.3 Å².